The van der Waals surface area contributed by atoms with E-state index in [2.05, 4.69) is 10.2 Å². The van der Waals surface area contributed by atoms with Crippen LogP contribution in [0.2, 0.25) is 10.0 Å². The Bertz CT molecular complexity index is 448. The van der Waals surface area contributed by atoms with Crippen molar-refractivity contribution in [2.75, 3.05) is 13.2 Å². The van der Waals surface area contributed by atoms with Crippen molar-refractivity contribution in [1.29, 1.82) is 0 Å². The Balaban J connectivity index is 2.67. The van der Waals surface area contributed by atoms with E-state index in [1.165, 1.54) is 6.07 Å². The predicted octanol–water partition coefficient (Wildman–Crippen LogP) is 3.41. The summed E-state index contributed by atoms with van der Waals surface area (Å²) in [7, 11) is 0. The second-order valence-corrected chi connectivity index (χ2v) is 4.72. The molecule has 0 aliphatic carbocycles. The minimum Gasteiger partial charge on any atom is -0.373 e. The summed E-state index contributed by atoms with van der Waals surface area (Å²) >= 11 is 11.7. The van der Waals surface area contributed by atoms with E-state index < -0.39 is 25.0 Å². The molecule has 0 aliphatic rings. The third-order valence-electron chi connectivity index (χ3n) is 2.46. The molecule has 0 aliphatic heterocycles. The molecule has 1 atom stereocenters. The second kappa shape index (κ2) is 7.42. The van der Waals surface area contributed by atoms with Gasteiger partial charge in [0.25, 0.3) is 0 Å². The molecule has 0 spiro atoms. The Kier molecular flexibility index (Phi) is 6.47. The van der Waals surface area contributed by atoms with Gasteiger partial charge < -0.3 is 4.74 Å². The highest BCUT2D eigenvalue weighted by atomic mass is 35.5. The van der Waals surface area contributed by atoms with E-state index in [0.29, 0.717) is 5.56 Å². The molecule has 1 aromatic carbocycles. The molecular formula is C11H12Cl2F4N2O. The maximum atomic E-state index is 12.7. The average molecular weight is 335 g/mol. The lowest BCUT2D eigenvalue weighted by atomic mass is 10.1. The number of halogens is 6. The van der Waals surface area contributed by atoms with Crippen LogP contribution in [-0.2, 0) is 4.74 Å². The fourth-order valence-corrected chi connectivity index (χ4v) is 1.83. The molecule has 9 heteroatoms. The van der Waals surface area contributed by atoms with Crippen LogP contribution in [0, 0.1) is 0 Å². The summed E-state index contributed by atoms with van der Waals surface area (Å²) in [6.07, 6.45) is -3.79. The first kappa shape index (κ1) is 17.5. The van der Waals surface area contributed by atoms with Crippen LogP contribution >= 0.6 is 23.2 Å². The van der Waals surface area contributed by atoms with Gasteiger partial charge in [-0.25, -0.2) is 8.78 Å². The maximum Gasteiger partial charge on any atom is 0.330 e. The van der Waals surface area contributed by atoms with Gasteiger partial charge >= 0.3 is 12.3 Å². The van der Waals surface area contributed by atoms with Crippen LogP contribution < -0.4 is 11.3 Å². The second-order valence-electron chi connectivity index (χ2n) is 3.94. The highest BCUT2D eigenvalue weighted by molar-refractivity contribution is 6.42. The number of alkyl halides is 4. The Morgan fingerprint density at radius 1 is 1.30 bits per heavy atom. The smallest absolute Gasteiger partial charge is 0.330 e. The van der Waals surface area contributed by atoms with Gasteiger partial charge in [-0.15, -0.1) is 0 Å². The molecule has 0 heterocycles. The monoisotopic (exact) mass is 334 g/mol. The number of nitrogens with one attached hydrogen (secondary N) is 1. The van der Waals surface area contributed by atoms with Gasteiger partial charge in [0.05, 0.1) is 22.7 Å². The van der Waals surface area contributed by atoms with E-state index in [1.807, 2.05) is 0 Å². The molecule has 1 aromatic rings. The molecular weight excluding hydrogens is 323 g/mol. The molecule has 0 fully saturated rings. The summed E-state index contributed by atoms with van der Waals surface area (Å²) in [6, 6.07) is 3.93. The van der Waals surface area contributed by atoms with E-state index in [1.54, 1.807) is 12.1 Å². The molecule has 1 rings (SSSR count). The summed E-state index contributed by atoms with van der Waals surface area (Å²) in [5.74, 6) is 1.05. The molecule has 114 valence electrons. The van der Waals surface area contributed by atoms with Crippen LogP contribution in [0.1, 0.15) is 11.6 Å². The van der Waals surface area contributed by atoms with Crippen LogP contribution in [0.5, 0.6) is 0 Å². The van der Waals surface area contributed by atoms with Gasteiger partial charge in [0, 0.05) is 0 Å². The Labute approximate surface area is 122 Å². The average Bonchev–Trinajstić information content (AvgIpc) is 2.38. The SMILES string of the molecule is NNC(COCC(F)(F)C(F)F)c1cccc(Cl)c1Cl. The van der Waals surface area contributed by atoms with Crippen molar-refractivity contribution in [2.24, 2.45) is 5.84 Å². The first-order chi connectivity index (χ1) is 9.29. The van der Waals surface area contributed by atoms with Crippen LogP contribution in [0.15, 0.2) is 18.2 Å². The zero-order valence-corrected chi connectivity index (χ0v) is 11.6. The van der Waals surface area contributed by atoms with Crippen LogP contribution in [0.25, 0.3) is 0 Å². The molecule has 20 heavy (non-hydrogen) atoms. The molecule has 0 aromatic heterocycles. The van der Waals surface area contributed by atoms with Crippen molar-refractivity contribution >= 4 is 23.2 Å². The molecule has 3 N–H and O–H groups in total. The quantitative estimate of drug-likeness (QED) is 0.456. The van der Waals surface area contributed by atoms with Crippen molar-refractivity contribution in [3.63, 3.8) is 0 Å². The van der Waals surface area contributed by atoms with E-state index in [9.17, 15) is 17.6 Å². The van der Waals surface area contributed by atoms with Crippen molar-refractivity contribution in [3.8, 4) is 0 Å². The zero-order valence-electron chi connectivity index (χ0n) is 10.1. The van der Waals surface area contributed by atoms with Gasteiger partial charge in [-0.05, 0) is 11.6 Å². The minimum absolute atomic E-state index is 0.182. The molecule has 0 saturated heterocycles. The van der Waals surface area contributed by atoms with Crippen molar-refractivity contribution in [1.82, 2.24) is 5.43 Å². The molecule has 0 bridgehead atoms. The summed E-state index contributed by atoms with van der Waals surface area (Å²) in [6.45, 7) is -1.78. The Hall–Kier alpha value is -0.600. The number of hydrogen-bond acceptors (Lipinski definition) is 3. The largest absolute Gasteiger partial charge is 0.373 e. The van der Waals surface area contributed by atoms with Gasteiger partial charge in [-0.1, -0.05) is 35.3 Å². The van der Waals surface area contributed by atoms with Gasteiger partial charge in [0.2, 0.25) is 0 Å². The first-order valence-corrected chi connectivity index (χ1v) is 6.19. The normalized spacial score (nSPS) is 13.8. The molecule has 0 radical (unpaired) electrons. The van der Waals surface area contributed by atoms with Gasteiger partial charge in [0.1, 0.15) is 6.61 Å². The summed E-state index contributed by atoms with van der Waals surface area (Å²) in [4.78, 5) is 0. The van der Waals surface area contributed by atoms with Gasteiger partial charge in [-0.3, -0.25) is 11.3 Å². The van der Waals surface area contributed by atoms with E-state index in [-0.39, 0.29) is 16.7 Å². The van der Waals surface area contributed by atoms with E-state index in [4.69, 9.17) is 29.0 Å². The number of hydrazine groups is 1. The summed E-state index contributed by atoms with van der Waals surface area (Å²) in [5.41, 5.74) is 2.72. The summed E-state index contributed by atoms with van der Waals surface area (Å²) < 4.78 is 53.8. The lowest BCUT2D eigenvalue weighted by Gasteiger charge is -2.20. The lowest BCUT2D eigenvalue weighted by molar-refractivity contribution is -0.167. The number of ether oxygens (including phenoxy) is 1. The fourth-order valence-electron chi connectivity index (χ4n) is 1.39. The highest BCUT2D eigenvalue weighted by Crippen LogP contribution is 2.30. The Morgan fingerprint density at radius 3 is 2.50 bits per heavy atom. The van der Waals surface area contributed by atoms with Crippen LogP contribution in [0.4, 0.5) is 17.6 Å². The summed E-state index contributed by atoms with van der Waals surface area (Å²) in [5, 5.41) is 0.434. The number of rotatable bonds is 7. The lowest BCUT2D eigenvalue weighted by Crippen LogP contribution is -2.36. The zero-order chi connectivity index (χ0) is 15.3. The fraction of sp³-hybridized carbons (Fsp3) is 0.455. The maximum absolute atomic E-state index is 12.7. The van der Waals surface area contributed by atoms with E-state index >= 15 is 0 Å². The van der Waals surface area contributed by atoms with Crippen molar-refractivity contribution in [3.05, 3.63) is 33.8 Å². The van der Waals surface area contributed by atoms with Gasteiger partial charge in [0.15, 0.2) is 0 Å². The molecule has 1 unspecified atom stereocenters. The number of hydrogen-bond donors (Lipinski definition) is 2. The topological polar surface area (TPSA) is 47.3 Å². The third kappa shape index (κ3) is 4.46. The van der Waals surface area contributed by atoms with Crippen molar-refractivity contribution < 1.29 is 22.3 Å². The number of nitrogens with two attached hydrogens (primary N) is 1. The Morgan fingerprint density at radius 2 is 1.95 bits per heavy atom. The first-order valence-electron chi connectivity index (χ1n) is 5.43. The van der Waals surface area contributed by atoms with Crippen LogP contribution in [0.3, 0.4) is 0 Å². The molecule has 0 saturated carbocycles. The highest BCUT2D eigenvalue weighted by Gasteiger charge is 2.41. The molecule has 0 amide bonds. The van der Waals surface area contributed by atoms with Crippen molar-refractivity contribution in [2.45, 2.75) is 18.4 Å². The number of benzene rings is 1. The minimum atomic E-state index is -4.21. The molecule has 3 nitrogen and oxygen atoms in total. The van der Waals surface area contributed by atoms with Crippen LogP contribution in [-0.4, -0.2) is 25.6 Å². The van der Waals surface area contributed by atoms with Gasteiger partial charge in [-0.2, -0.15) is 8.78 Å². The standard InChI is InChI=1S/C11H12Cl2F4N2O/c12-7-3-1-2-6(9(7)13)8(19-18)4-20-5-11(16,17)10(14)15/h1-3,8,10,19H,4-5,18H2. The predicted molar refractivity (Wildman–Crippen MR) is 68.3 cm³/mol. The van der Waals surface area contributed by atoms with E-state index in [0.717, 1.165) is 0 Å². The third-order valence-corrected chi connectivity index (χ3v) is 3.29.